The van der Waals surface area contributed by atoms with Crippen molar-refractivity contribution in [3.05, 3.63) is 47.3 Å². The molecule has 0 radical (unpaired) electrons. The number of nitrogens with one attached hydrogen (secondary N) is 1. The second kappa shape index (κ2) is 16.9. The Bertz CT molecular complexity index is 1260. The van der Waals surface area contributed by atoms with Crippen LogP contribution in [0, 0.1) is 17.7 Å². The number of hydrogen-bond acceptors (Lipinski definition) is 10. The van der Waals surface area contributed by atoms with Crippen molar-refractivity contribution in [3.63, 3.8) is 0 Å². The van der Waals surface area contributed by atoms with Crippen LogP contribution in [-0.2, 0) is 23.8 Å². The third-order valence-electron chi connectivity index (χ3n) is 8.94. The minimum absolute atomic E-state index is 0.0800. The molecule has 12 heteroatoms. The lowest BCUT2D eigenvalue weighted by Gasteiger charge is -2.35. The lowest BCUT2D eigenvalue weighted by Crippen LogP contribution is -2.48. The summed E-state index contributed by atoms with van der Waals surface area (Å²) in [5, 5.41) is 13.8. The van der Waals surface area contributed by atoms with Crippen LogP contribution in [-0.4, -0.2) is 117 Å². The number of anilines is 1. The molecule has 0 saturated carbocycles. The zero-order valence-electron chi connectivity index (χ0n) is 27.5. The first-order valence-electron chi connectivity index (χ1n) is 16.3. The van der Waals surface area contributed by atoms with Crippen molar-refractivity contribution in [2.45, 2.75) is 58.3 Å². The van der Waals surface area contributed by atoms with E-state index < -0.39 is 24.3 Å². The Labute approximate surface area is 271 Å². The number of ether oxygens (including phenoxy) is 3. The molecule has 3 heterocycles. The Balaban J connectivity index is 1.52. The second-order valence-electron chi connectivity index (χ2n) is 12.6. The predicted molar refractivity (Wildman–Crippen MR) is 173 cm³/mol. The van der Waals surface area contributed by atoms with E-state index in [0.717, 1.165) is 5.69 Å². The van der Waals surface area contributed by atoms with Gasteiger partial charge in [-0.1, -0.05) is 26.0 Å². The third-order valence-corrected chi connectivity index (χ3v) is 8.94. The zero-order chi connectivity index (χ0) is 33.2. The van der Waals surface area contributed by atoms with Crippen molar-refractivity contribution >= 4 is 29.8 Å². The molecule has 1 aromatic rings. The molecule has 0 aliphatic carbocycles. The lowest BCUT2D eigenvalue weighted by atomic mass is 9.91. The first-order valence-corrected chi connectivity index (χ1v) is 16.3. The minimum Gasteiger partial charge on any atom is -0.468 e. The number of benzene rings is 1. The van der Waals surface area contributed by atoms with Crippen LogP contribution in [0.5, 0.6) is 0 Å². The number of rotatable bonds is 6. The van der Waals surface area contributed by atoms with Crippen LogP contribution in [0.2, 0.25) is 0 Å². The fourth-order valence-corrected chi connectivity index (χ4v) is 6.11. The summed E-state index contributed by atoms with van der Waals surface area (Å²) in [7, 11) is 1.37. The number of amides is 1. The molecule has 254 valence electrons. The number of halogens is 1. The highest BCUT2D eigenvalue weighted by molar-refractivity contribution is 5.72. The van der Waals surface area contributed by atoms with Crippen LogP contribution in [0.15, 0.2) is 35.9 Å². The summed E-state index contributed by atoms with van der Waals surface area (Å²) in [6, 6.07) is 4.83. The summed E-state index contributed by atoms with van der Waals surface area (Å²) in [4.78, 5) is 43.3. The molecule has 2 saturated heterocycles. The third kappa shape index (κ3) is 10.3. The van der Waals surface area contributed by atoms with Crippen LogP contribution in [0.25, 0.3) is 6.08 Å². The first-order chi connectivity index (χ1) is 22.0. The number of piperazine rings is 2. The molecule has 0 unspecified atom stereocenters. The van der Waals surface area contributed by atoms with Crippen LogP contribution in [0.4, 0.5) is 14.9 Å². The highest BCUT2D eigenvalue weighted by Gasteiger charge is 2.29. The van der Waals surface area contributed by atoms with Crippen molar-refractivity contribution in [2.75, 3.05) is 70.9 Å². The van der Waals surface area contributed by atoms with Gasteiger partial charge in [0.05, 0.1) is 26.2 Å². The average Bonchev–Trinajstić information content (AvgIpc) is 3.04. The fraction of sp³-hybridized carbons (Fsp3) is 0.618. The minimum atomic E-state index is -0.887. The van der Waals surface area contributed by atoms with Crippen molar-refractivity contribution < 1.29 is 38.1 Å². The molecule has 0 aromatic heterocycles. The van der Waals surface area contributed by atoms with Gasteiger partial charge in [0.15, 0.2) is 0 Å². The van der Waals surface area contributed by atoms with E-state index in [1.807, 2.05) is 50.0 Å². The molecule has 3 aliphatic heterocycles. The van der Waals surface area contributed by atoms with Gasteiger partial charge in [-0.25, -0.2) is 9.18 Å². The van der Waals surface area contributed by atoms with E-state index in [4.69, 9.17) is 14.2 Å². The highest BCUT2D eigenvalue weighted by atomic mass is 19.1. The van der Waals surface area contributed by atoms with Crippen molar-refractivity contribution in [1.82, 2.24) is 15.1 Å². The van der Waals surface area contributed by atoms with Crippen molar-refractivity contribution in [2.24, 2.45) is 11.8 Å². The predicted octanol–water partition coefficient (Wildman–Crippen LogP) is 3.22. The number of cyclic esters (lactones) is 1. The maximum atomic E-state index is 14.9. The Morgan fingerprint density at radius 3 is 2.48 bits per heavy atom. The Kier molecular flexibility index (Phi) is 13.0. The van der Waals surface area contributed by atoms with Gasteiger partial charge in [-0.2, -0.15) is 0 Å². The highest BCUT2D eigenvalue weighted by Crippen LogP contribution is 2.27. The second-order valence-corrected chi connectivity index (χ2v) is 12.6. The molecule has 1 amide bonds. The summed E-state index contributed by atoms with van der Waals surface area (Å²) >= 11 is 0. The SMILES string of the molecule is COC(=O)CN1CCN(c2cc(F)cc(/C=C(\C)[C@H]3OC(=O)C[C@H](O)CC[C@H](C)[C@@H](OC(=O)N4CCNCC4)/C=C\[C@@H]3C)c2)CC1. The monoisotopic (exact) mass is 644 g/mol. The average molecular weight is 645 g/mol. The maximum Gasteiger partial charge on any atom is 0.410 e. The van der Waals surface area contributed by atoms with Gasteiger partial charge >= 0.3 is 18.0 Å². The van der Waals surface area contributed by atoms with E-state index >= 15 is 0 Å². The molecule has 0 spiro atoms. The smallest absolute Gasteiger partial charge is 0.410 e. The van der Waals surface area contributed by atoms with E-state index in [1.165, 1.54) is 19.2 Å². The topological polar surface area (TPSA) is 121 Å². The number of hydrogen-bond donors (Lipinski definition) is 2. The van der Waals surface area contributed by atoms with Gasteiger partial charge in [-0.15, -0.1) is 0 Å². The van der Waals surface area contributed by atoms with Crippen LogP contribution >= 0.6 is 0 Å². The van der Waals surface area contributed by atoms with Gasteiger partial charge in [0.2, 0.25) is 0 Å². The quantitative estimate of drug-likeness (QED) is 0.271. The standard InChI is InChI=1S/C34H49FN4O7/c1-23-5-7-29(40)21-31(41)46-33(24(2)6-8-30(23)45-34(43)39-11-9-36-10-12-39)25(3)17-26-18-27(35)20-28(19-26)38-15-13-37(14-16-38)22-32(42)44-4/h6,8,17-20,23-24,29-30,33,36,40H,5,7,9-16,21-22H2,1-4H3/b8-6-,25-17+/t23-,24-,29+,30-,33-/m0/s1. The van der Waals surface area contributed by atoms with E-state index in [-0.39, 0.29) is 42.7 Å². The Morgan fingerprint density at radius 1 is 1.07 bits per heavy atom. The Hall–Kier alpha value is -3.48. The van der Waals surface area contributed by atoms with Gasteiger partial charge in [0, 0.05) is 64.0 Å². The van der Waals surface area contributed by atoms with Crippen LogP contribution in [0.3, 0.4) is 0 Å². The van der Waals surface area contributed by atoms with E-state index in [9.17, 15) is 23.9 Å². The van der Waals surface area contributed by atoms with Crippen LogP contribution in [0.1, 0.15) is 45.6 Å². The van der Waals surface area contributed by atoms with E-state index in [0.29, 0.717) is 76.3 Å². The molecule has 2 fully saturated rings. The Morgan fingerprint density at radius 2 is 1.78 bits per heavy atom. The number of aliphatic hydroxyl groups excluding tert-OH is 1. The van der Waals surface area contributed by atoms with Crippen molar-refractivity contribution in [1.29, 1.82) is 0 Å². The van der Waals surface area contributed by atoms with Gasteiger partial charge in [0.1, 0.15) is 18.0 Å². The molecule has 11 nitrogen and oxygen atoms in total. The number of nitrogens with zero attached hydrogens (tertiary/aromatic N) is 3. The number of methoxy groups -OCH3 is 1. The van der Waals surface area contributed by atoms with Crippen LogP contribution < -0.4 is 10.2 Å². The van der Waals surface area contributed by atoms with Crippen molar-refractivity contribution in [3.8, 4) is 0 Å². The van der Waals surface area contributed by atoms with Gasteiger partial charge in [0.25, 0.3) is 0 Å². The molecule has 2 N–H and O–H groups in total. The number of carbonyl (C=O) groups excluding carboxylic acids is 3. The molecule has 1 aromatic carbocycles. The molecule has 4 rings (SSSR count). The van der Waals surface area contributed by atoms with E-state index in [2.05, 4.69) is 10.2 Å². The summed E-state index contributed by atoms with van der Waals surface area (Å²) < 4.78 is 31.5. The maximum absolute atomic E-state index is 14.9. The molecule has 5 atom stereocenters. The van der Waals surface area contributed by atoms with Gasteiger partial charge in [-0.05, 0) is 61.1 Å². The molecule has 3 aliphatic rings. The first kappa shape index (κ1) is 35.4. The number of carbonyl (C=O) groups is 3. The summed E-state index contributed by atoms with van der Waals surface area (Å²) in [5.41, 5.74) is 2.06. The lowest BCUT2D eigenvalue weighted by molar-refractivity contribution is -0.151. The zero-order valence-corrected chi connectivity index (χ0v) is 27.5. The van der Waals surface area contributed by atoms with E-state index in [1.54, 1.807) is 4.90 Å². The summed E-state index contributed by atoms with van der Waals surface area (Å²) in [5.74, 6) is -1.56. The fourth-order valence-electron chi connectivity index (χ4n) is 6.11. The number of aliphatic hydroxyl groups is 1. The summed E-state index contributed by atoms with van der Waals surface area (Å²) in [6.07, 6.45) is 3.90. The summed E-state index contributed by atoms with van der Waals surface area (Å²) in [6.45, 7) is 11.1. The molecular weight excluding hydrogens is 595 g/mol. The molecule has 0 bridgehead atoms. The van der Waals surface area contributed by atoms with Gasteiger partial charge < -0.3 is 34.4 Å². The largest absolute Gasteiger partial charge is 0.468 e. The number of esters is 2. The normalized spacial score (nSPS) is 28.0. The molecular formula is C34H49FN4O7. The molecule has 46 heavy (non-hydrogen) atoms. The van der Waals surface area contributed by atoms with Gasteiger partial charge in [-0.3, -0.25) is 14.5 Å².